The second kappa shape index (κ2) is 6.12. The van der Waals surface area contributed by atoms with Gasteiger partial charge in [0.2, 0.25) is 0 Å². The standard InChI is InChI=1S/C18H16O5/c1-21-11-7-8-14(16(9-11)22-2)15(19)10-17-12-5-3-4-6-13(12)18(20)23-17/h3-9,17H,10H2,1-2H3. The molecular weight excluding hydrogens is 296 g/mol. The summed E-state index contributed by atoms with van der Waals surface area (Å²) in [4.78, 5) is 24.4. The maximum absolute atomic E-state index is 12.6. The number of ketones is 1. The van der Waals surface area contributed by atoms with Crippen molar-refractivity contribution < 1.29 is 23.8 Å². The Labute approximate surface area is 133 Å². The zero-order chi connectivity index (χ0) is 16.4. The minimum Gasteiger partial charge on any atom is -0.497 e. The molecule has 0 saturated carbocycles. The van der Waals surface area contributed by atoms with E-state index in [1.165, 1.54) is 7.11 Å². The Morgan fingerprint density at radius 1 is 1.13 bits per heavy atom. The molecule has 0 aromatic heterocycles. The molecule has 5 nitrogen and oxygen atoms in total. The van der Waals surface area contributed by atoms with E-state index < -0.39 is 6.10 Å². The fourth-order valence-electron chi connectivity index (χ4n) is 2.68. The minimum absolute atomic E-state index is 0.0748. The lowest BCUT2D eigenvalue weighted by Crippen LogP contribution is -2.09. The largest absolute Gasteiger partial charge is 0.497 e. The third-order valence-electron chi connectivity index (χ3n) is 3.86. The number of fused-ring (bicyclic) bond motifs is 1. The van der Waals surface area contributed by atoms with Gasteiger partial charge in [-0.2, -0.15) is 0 Å². The second-order valence-electron chi connectivity index (χ2n) is 5.17. The molecule has 0 radical (unpaired) electrons. The molecule has 0 saturated heterocycles. The molecule has 1 aliphatic rings. The summed E-state index contributed by atoms with van der Waals surface area (Å²) in [6, 6.07) is 12.1. The molecule has 0 bridgehead atoms. The number of carbonyl (C=O) groups is 2. The van der Waals surface area contributed by atoms with Crippen molar-refractivity contribution in [2.24, 2.45) is 0 Å². The number of cyclic esters (lactones) is 1. The van der Waals surface area contributed by atoms with Gasteiger partial charge in [0.05, 0.1) is 31.8 Å². The van der Waals surface area contributed by atoms with Gasteiger partial charge in [-0.05, 0) is 18.2 Å². The smallest absolute Gasteiger partial charge is 0.339 e. The van der Waals surface area contributed by atoms with Crippen LogP contribution >= 0.6 is 0 Å². The summed E-state index contributed by atoms with van der Waals surface area (Å²) in [5.41, 5.74) is 1.71. The number of esters is 1. The Morgan fingerprint density at radius 3 is 2.65 bits per heavy atom. The molecule has 1 unspecified atom stereocenters. The van der Waals surface area contributed by atoms with Crippen LogP contribution < -0.4 is 9.47 Å². The van der Waals surface area contributed by atoms with Gasteiger partial charge in [-0.1, -0.05) is 18.2 Å². The maximum Gasteiger partial charge on any atom is 0.339 e. The Morgan fingerprint density at radius 2 is 1.91 bits per heavy atom. The summed E-state index contributed by atoms with van der Waals surface area (Å²) in [7, 11) is 3.04. The van der Waals surface area contributed by atoms with E-state index in [0.29, 0.717) is 22.6 Å². The predicted octanol–water partition coefficient (Wildman–Crippen LogP) is 3.19. The van der Waals surface area contributed by atoms with Crippen molar-refractivity contribution in [1.29, 1.82) is 0 Å². The molecule has 2 aromatic rings. The van der Waals surface area contributed by atoms with Crippen LogP contribution in [0.25, 0.3) is 0 Å². The van der Waals surface area contributed by atoms with Crippen LogP contribution in [-0.4, -0.2) is 26.0 Å². The predicted molar refractivity (Wildman–Crippen MR) is 83.1 cm³/mol. The number of carbonyl (C=O) groups excluding carboxylic acids is 2. The highest BCUT2D eigenvalue weighted by Gasteiger charge is 2.32. The molecule has 0 N–H and O–H groups in total. The van der Waals surface area contributed by atoms with Crippen LogP contribution in [0, 0.1) is 0 Å². The number of ether oxygens (including phenoxy) is 3. The number of hydrogen-bond acceptors (Lipinski definition) is 5. The van der Waals surface area contributed by atoms with Crippen LogP contribution in [0.15, 0.2) is 42.5 Å². The monoisotopic (exact) mass is 312 g/mol. The summed E-state index contributed by atoms with van der Waals surface area (Å²) < 4.78 is 15.7. The van der Waals surface area contributed by atoms with Crippen molar-refractivity contribution in [3.8, 4) is 11.5 Å². The van der Waals surface area contributed by atoms with Crippen LogP contribution in [0.4, 0.5) is 0 Å². The molecular formula is C18H16O5. The van der Waals surface area contributed by atoms with Crippen molar-refractivity contribution in [3.05, 3.63) is 59.2 Å². The number of rotatable bonds is 5. The van der Waals surface area contributed by atoms with Crippen molar-refractivity contribution >= 4 is 11.8 Å². The van der Waals surface area contributed by atoms with Crippen LogP contribution in [0.3, 0.4) is 0 Å². The summed E-state index contributed by atoms with van der Waals surface area (Å²) in [5.74, 6) is 0.502. The Kier molecular flexibility index (Phi) is 4.02. The summed E-state index contributed by atoms with van der Waals surface area (Å²) in [5, 5.41) is 0. The molecule has 0 amide bonds. The van der Waals surface area contributed by atoms with Gasteiger partial charge in [0.15, 0.2) is 5.78 Å². The molecule has 0 aliphatic carbocycles. The fourth-order valence-corrected chi connectivity index (χ4v) is 2.68. The third kappa shape index (κ3) is 2.77. The second-order valence-corrected chi connectivity index (χ2v) is 5.17. The summed E-state index contributed by atoms with van der Waals surface area (Å²) in [6.45, 7) is 0. The van der Waals surface area contributed by atoms with E-state index in [9.17, 15) is 9.59 Å². The quantitative estimate of drug-likeness (QED) is 0.627. The van der Waals surface area contributed by atoms with E-state index in [4.69, 9.17) is 14.2 Å². The molecule has 1 heterocycles. The summed E-state index contributed by atoms with van der Waals surface area (Å²) in [6.07, 6.45) is -0.483. The first kappa shape index (κ1) is 15.1. The molecule has 2 aromatic carbocycles. The van der Waals surface area contributed by atoms with Crippen LogP contribution in [0.5, 0.6) is 11.5 Å². The highest BCUT2D eigenvalue weighted by molar-refractivity contribution is 6.00. The van der Waals surface area contributed by atoms with E-state index in [-0.39, 0.29) is 18.2 Å². The van der Waals surface area contributed by atoms with Crippen molar-refractivity contribution in [2.75, 3.05) is 14.2 Å². The number of benzene rings is 2. The molecule has 5 heteroatoms. The molecule has 1 atom stereocenters. The van der Waals surface area contributed by atoms with Gasteiger partial charge in [-0.25, -0.2) is 4.79 Å². The lowest BCUT2D eigenvalue weighted by atomic mass is 9.98. The number of Topliss-reactive ketones (excluding diaryl/α,β-unsaturated/α-hetero) is 1. The highest BCUT2D eigenvalue weighted by atomic mass is 16.5. The Balaban J connectivity index is 1.85. The molecule has 0 spiro atoms. The first-order valence-corrected chi connectivity index (χ1v) is 7.19. The molecule has 0 fully saturated rings. The Bertz CT molecular complexity index is 766. The van der Waals surface area contributed by atoms with Crippen molar-refractivity contribution in [2.45, 2.75) is 12.5 Å². The zero-order valence-corrected chi connectivity index (χ0v) is 12.9. The van der Waals surface area contributed by atoms with Gasteiger partial charge < -0.3 is 14.2 Å². The van der Waals surface area contributed by atoms with E-state index >= 15 is 0 Å². The van der Waals surface area contributed by atoms with E-state index in [1.807, 2.05) is 12.1 Å². The van der Waals surface area contributed by atoms with Crippen LogP contribution in [-0.2, 0) is 4.74 Å². The first-order chi connectivity index (χ1) is 11.1. The molecule has 23 heavy (non-hydrogen) atoms. The molecule has 1 aliphatic heterocycles. The SMILES string of the molecule is COc1ccc(C(=O)CC2OC(=O)c3ccccc32)c(OC)c1. The first-order valence-electron chi connectivity index (χ1n) is 7.19. The summed E-state index contributed by atoms with van der Waals surface area (Å²) >= 11 is 0. The molecule has 3 rings (SSSR count). The van der Waals surface area contributed by atoms with Crippen molar-refractivity contribution in [3.63, 3.8) is 0 Å². The van der Waals surface area contributed by atoms with Crippen molar-refractivity contribution in [1.82, 2.24) is 0 Å². The average molecular weight is 312 g/mol. The Hall–Kier alpha value is -2.82. The highest BCUT2D eigenvalue weighted by Crippen LogP contribution is 2.35. The average Bonchev–Trinajstić information content (AvgIpc) is 2.90. The normalized spacial score (nSPS) is 15.7. The van der Waals surface area contributed by atoms with Gasteiger partial charge in [-0.3, -0.25) is 4.79 Å². The number of hydrogen-bond donors (Lipinski definition) is 0. The van der Waals surface area contributed by atoms with Gasteiger partial charge in [-0.15, -0.1) is 0 Å². The lowest BCUT2D eigenvalue weighted by molar-refractivity contribution is 0.0367. The van der Waals surface area contributed by atoms with Crippen LogP contribution in [0.2, 0.25) is 0 Å². The minimum atomic E-state index is -0.557. The maximum atomic E-state index is 12.6. The lowest BCUT2D eigenvalue weighted by Gasteiger charge is -2.13. The topological polar surface area (TPSA) is 61.8 Å². The van der Waals surface area contributed by atoms with Gasteiger partial charge in [0.1, 0.15) is 17.6 Å². The third-order valence-corrected chi connectivity index (χ3v) is 3.86. The van der Waals surface area contributed by atoms with Gasteiger partial charge >= 0.3 is 5.97 Å². The van der Waals surface area contributed by atoms with E-state index in [2.05, 4.69) is 0 Å². The van der Waals surface area contributed by atoms with Gasteiger partial charge in [0, 0.05) is 11.6 Å². The zero-order valence-electron chi connectivity index (χ0n) is 12.9. The number of methoxy groups -OCH3 is 2. The van der Waals surface area contributed by atoms with E-state index in [0.717, 1.165) is 5.56 Å². The fraction of sp³-hybridized carbons (Fsp3) is 0.222. The van der Waals surface area contributed by atoms with Crippen LogP contribution in [0.1, 0.15) is 38.8 Å². The van der Waals surface area contributed by atoms with E-state index in [1.54, 1.807) is 37.4 Å². The van der Waals surface area contributed by atoms with Gasteiger partial charge in [0.25, 0.3) is 0 Å². The molecule has 118 valence electrons.